The molecule has 158 valence electrons. The van der Waals surface area contributed by atoms with Crippen molar-refractivity contribution in [3.63, 3.8) is 0 Å². The average molecular weight is 437 g/mol. The Morgan fingerprint density at radius 1 is 0.781 bits per heavy atom. The molecule has 0 N–H and O–H groups in total. The molecule has 6 aromatic rings. The summed E-state index contributed by atoms with van der Waals surface area (Å²) in [5.41, 5.74) is 3.89. The van der Waals surface area contributed by atoms with Gasteiger partial charge in [0, 0.05) is 11.3 Å². The fraction of sp³-hybridized carbons (Fsp3) is 0.214. The highest BCUT2D eigenvalue weighted by Gasteiger charge is 2.27. The van der Waals surface area contributed by atoms with E-state index >= 15 is 0 Å². The maximum absolute atomic E-state index is 6.00. The Hall–Kier alpha value is -3.24. The van der Waals surface area contributed by atoms with Crippen LogP contribution in [0.1, 0.15) is 50.1 Å². The number of nitrogens with zero attached hydrogens (tertiary/aromatic N) is 2. The molecule has 2 aromatic heterocycles. The van der Waals surface area contributed by atoms with Crippen LogP contribution in [-0.4, -0.2) is 9.97 Å². The molecule has 4 heteroatoms. The third-order valence-electron chi connectivity index (χ3n) is 6.37. The summed E-state index contributed by atoms with van der Waals surface area (Å²) in [7, 11) is 0. The van der Waals surface area contributed by atoms with Crippen molar-refractivity contribution in [3.8, 4) is 0 Å². The van der Waals surface area contributed by atoms with Gasteiger partial charge < -0.3 is 4.42 Å². The van der Waals surface area contributed by atoms with Crippen molar-refractivity contribution in [1.29, 1.82) is 0 Å². The van der Waals surface area contributed by atoms with Crippen LogP contribution in [0.15, 0.2) is 71.1 Å². The molecule has 2 heterocycles. The van der Waals surface area contributed by atoms with E-state index in [1.54, 1.807) is 11.3 Å². The van der Waals surface area contributed by atoms with Gasteiger partial charge in [0.05, 0.1) is 10.2 Å². The largest absolute Gasteiger partial charge is 0.440 e. The van der Waals surface area contributed by atoms with Crippen LogP contribution in [-0.2, 0) is 5.41 Å². The predicted molar refractivity (Wildman–Crippen MR) is 135 cm³/mol. The van der Waals surface area contributed by atoms with Crippen molar-refractivity contribution in [2.75, 3.05) is 0 Å². The Morgan fingerprint density at radius 2 is 1.50 bits per heavy atom. The maximum Gasteiger partial charge on any atom is 0.198 e. The summed E-state index contributed by atoms with van der Waals surface area (Å²) in [6.07, 6.45) is 0. The standard InChI is InChI=1S/C28H24N2OS/c1-16(2)26-29-22-12-19-9-10-21(11-20(19)14-24(22)31-26)28(3,4)27-30-23-13-17-7-5-6-8-18(17)15-25(23)32-27/h5-16H,1-4H3. The number of benzene rings is 4. The van der Waals surface area contributed by atoms with Crippen LogP contribution in [0.3, 0.4) is 0 Å². The van der Waals surface area contributed by atoms with Gasteiger partial charge in [-0.2, -0.15) is 0 Å². The Labute approximate surface area is 190 Å². The Balaban J connectivity index is 1.47. The van der Waals surface area contributed by atoms with E-state index in [2.05, 4.69) is 99.4 Å². The fourth-order valence-corrected chi connectivity index (χ4v) is 5.45. The molecule has 6 rings (SSSR count). The molecule has 3 nitrogen and oxygen atoms in total. The molecule has 0 saturated carbocycles. The Morgan fingerprint density at radius 3 is 2.28 bits per heavy atom. The SMILES string of the molecule is CC(C)c1nc2cc3ccc(C(C)(C)c4nc5cc6ccccc6cc5s4)cc3cc2o1. The zero-order chi connectivity index (χ0) is 22.0. The van der Waals surface area contributed by atoms with Crippen LogP contribution in [0.2, 0.25) is 0 Å². The number of rotatable bonds is 3. The van der Waals surface area contributed by atoms with E-state index in [9.17, 15) is 0 Å². The molecule has 0 aliphatic rings. The summed E-state index contributed by atoms with van der Waals surface area (Å²) >= 11 is 1.79. The average Bonchev–Trinajstić information content (AvgIpc) is 3.39. The fourth-order valence-electron chi connectivity index (χ4n) is 4.33. The summed E-state index contributed by atoms with van der Waals surface area (Å²) in [6, 6.07) is 23.9. The highest BCUT2D eigenvalue weighted by Crippen LogP contribution is 2.39. The number of oxazole rings is 1. The Bertz CT molecular complexity index is 1590. The highest BCUT2D eigenvalue weighted by atomic mass is 32.1. The van der Waals surface area contributed by atoms with Crippen LogP contribution in [0.4, 0.5) is 0 Å². The second-order valence-corrected chi connectivity index (χ2v) is 10.4. The van der Waals surface area contributed by atoms with Crippen LogP contribution in [0.5, 0.6) is 0 Å². The highest BCUT2D eigenvalue weighted by molar-refractivity contribution is 7.18. The summed E-state index contributed by atoms with van der Waals surface area (Å²) in [5, 5.41) is 5.97. The first-order valence-corrected chi connectivity index (χ1v) is 11.8. The first-order chi connectivity index (χ1) is 15.4. The van der Waals surface area contributed by atoms with Crippen LogP contribution in [0, 0.1) is 0 Å². The van der Waals surface area contributed by atoms with E-state index in [4.69, 9.17) is 9.40 Å². The first kappa shape index (κ1) is 19.4. The predicted octanol–water partition coefficient (Wildman–Crippen LogP) is 8.19. The van der Waals surface area contributed by atoms with E-state index in [-0.39, 0.29) is 11.3 Å². The zero-order valence-electron chi connectivity index (χ0n) is 18.6. The van der Waals surface area contributed by atoms with Crippen molar-refractivity contribution in [1.82, 2.24) is 9.97 Å². The molecule has 4 aromatic carbocycles. The second kappa shape index (κ2) is 6.88. The van der Waals surface area contributed by atoms with E-state index in [0.717, 1.165) is 27.5 Å². The summed E-state index contributed by atoms with van der Waals surface area (Å²) in [6.45, 7) is 8.73. The van der Waals surface area contributed by atoms with Crippen molar-refractivity contribution >= 4 is 54.2 Å². The molecule has 0 atom stereocenters. The minimum absolute atomic E-state index is 0.205. The summed E-state index contributed by atoms with van der Waals surface area (Å²) < 4.78 is 7.24. The number of hydrogen-bond donors (Lipinski definition) is 0. The monoisotopic (exact) mass is 436 g/mol. The van der Waals surface area contributed by atoms with Crippen LogP contribution in [0.25, 0.3) is 42.9 Å². The van der Waals surface area contributed by atoms with Gasteiger partial charge in [-0.05, 0) is 65.2 Å². The van der Waals surface area contributed by atoms with Crippen molar-refractivity contribution in [2.24, 2.45) is 0 Å². The Kier molecular flexibility index (Phi) is 4.18. The van der Waals surface area contributed by atoms with Gasteiger partial charge in [0.2, 0.25) is 0 Å². The number of fused-ring (bicyclic) bond motifs is 4. The van der Waals surface area contributed by atoms with E-state index in [1.165, 1.54) is 31.8 Å². The molecule has 0 aliphatic heterocycles. The number of aromatic nitrogens is 2. The molecule has 0 unspecified atom stereocenters. The molecule has 0 radical (unpaired) electrons. The maximum atomic E-state index is 6.00. The number of hydrogen-bond acceptors (Lipinski definition) is 4. The van der Waals surface area contributed by atoms with Gasteiger partial charge in [0.25, 0.3) is 0 Å². The third kappa shape index (κ3) is 3.01. The van der Waals surface area contributed by atoms with Crippen molar-refractivity contribution in [2.45, 2.75) is 39.0 Å². The van der Waals surface area contributed by atoms with E-state index in [1.807, 2.05) is 0 Å². The van der Waals surface area contributed by atoms with E-state index < -0.39 is 0 Å². The lowest BCUT2D eigenvalue weighted by atomic mass is 9.84. The van der Waals surface area contributed by atoms with E-state index in [0.29, 0.717) is 0 Å². The number of thiazole rings is 1. The van der Waals surface area contributed by atoms with Crippen LogP contribution >= 0.6 is 11.3 Å². The van der Waals surface area contributed by atoms with Gasteiger partial charge in [-0.15, -0.1) is 11.3 Å². The molecule has 0 fully saturated rings. The molecular weight excluding hydrogens is 412 g/mol. The normalized spacial score (nSPS) is 12.7. The van der Waals surface area contributed by atoms with Gasteiger partial charge >= 0.3 is 0 Å². The van der Waals surface area contributed by atoms with Gasteiger partial charge in [0.15, 0.2) is 11.5 Å². The summed E-state index contributed by atoms with van der Waals surface area (Å²) in [4.78, 5) is 9.71. The minimum atomic E-state index is -0.205. The second-order valence-electron chi connectivity index (χ2n) is 9.40. The quantitative estimate of drug-likeness (QED) is 0.281. The first-order valence-electron chi connectivity index (χ1n) is 11.0. The zero-order valence-corrected chi connectivity index (χ0v) is 19.5. The molecule has 32 heavy (non-hydrogen) atoms. The van der Waals surface area contributed by atoms with Crippen molar-refractivity contribution < 1.29 is 4.42 Å². The molecular formula is C28H24N2OS. The van der Waals surface area contributed by atoms with Crippen molar-refractivity contribution in [3.05, 3.63) is 83.2 Å². The lowest BCUT2D eigenvalue weighted by Gasteiger charge is -2.23. The minimum Gasteiger partial charge on any atom is -0.440 e. The van der Waals surface area contributed by atoms with Gasteiger partial charge in [-0.1, -0.05) is 56.3 Å². The van der Waals surface area contributed by atoms with Gasteiger partial charge in [-0.25, -0.2) is 9.97 Å². The lowest BCUT2D eigenvalue weighted by Crippen LogP contribution is -2.18. The topological polar surface area (TPSA) is 38.9 Å². The van der Waals surface area contributed by atoms with Crippen LogP contribution < -0.4 is 0 Å². The van der Waals surface area contributed by atoms with Gasteiger partial charge in [0.1, 0.15) is 10.5 Å². The smallest absolute Gasteiger partial charge is 0.198 e. The summed E-state index contributed by atoms with van der Waals surface area (Å²) in [5.74, 6) is 1.06. The molecule has 0 aliphatic carbocycles. The molecule has 0 bridgehead atoms. The molecule has 0 amide bonds. The van der Waals surface area contributed by atoms with Gasteiger partial charge in [-0.3, -0.25) is 0 Å². The molecule has 0 spiro atoms. The third-order valence-corrected chi connectivity index (χ3v) is 7.71. The molecule has 0 saturated heterocycles. The lowest BCUT2D eigenvalue weighted by molar-refractivity contribution is 0.501.